The molecule has 1 fully saturated rings. The number of fused-ring (bicyclic) bond motifs is 2. The first-order valence-corrected chi connectivity index (χ1v) is 21.5. The highest BCUT2D eigenvalue weighted by molar-refractivity contribution is 6.37. The zero-order chi connectivity index (χ0) is 46.1. The second kappa shape index (κ2) is 25.6. The van der Waals surface area contributed by atoms with Gasteiger partial charge < -0.3 is 53.6 Å². The van der Waals surface area contributed by atoms with Gasteiger partial charge in [-0.1, -0.05) is 35.2 Å². The monoisotopic (exact) mass is 958 g/mol. The molecule has 0 atom stereocenters. The van der Waals surface area contributed by atoms with Crippen LogP contribution in [0.4, 0.5) is 22.9 Å². The van der Waals surface area contributed by atoms with E-state index < -0.39 is 0 Å². The number of piperazine rings is 1. The minimum Gasteiger partial charge on any atom is -0.495 e. The van der Waals surface area contributed by atoms with Crippen molar-refractivity contribution in [1.82, 2.24) is 24.8 Å². The summed E-state index contributed by atoms with van der Waals surface area (Å²) in [6.45, 7) is 7.65. The number of nitriles is 1. The van der Waals surface area contributed by atoms with Crippen LogP contribution < -0.4 is 34.3 Å². The average molecular weight is 960 g/mol. The topological polar surface area (TPSA) is 158 Å². The maximum absolute atomic E-state index is 9.75. The Kier molecular flexibility index (Phi) is 19.8. The van der Waals surface area contributed by atoms with Crippen LogP contribution in [-0.2, 0) is 9.47 Å². The van der Waals surface area contributed by atoms with Crippen molar-refractivity contribution in [2.45, 2.75) is 6.42 Å². The van der Waals surface area contributed by atoms with E-state index in [4.69, 9.17) is 62.8 Å². The summed E-state index contributed by atoms with van der Waals surface area (Å²) in [5.41, 5.74) is 4.45. The van der Waals surface area contributed by atoms with E-state index in [2.05, 4.69) is 54.4 Å². The minimum absolute atomic E-state index is 0. The van der Waals surface area contributed by atoms with E-state index in [1.807, 2.05) is 48.5 Å². The van der Waals surface area contributed by atoms with E-state index in [0.717, 1.165) is 61.3 Å². The first-order valence-electron chi connectivity index (χ1n) is 20.8. The molecular weight excluding hydrogens is 907 g/mol. The van der Waals surface area contributed by atoms with Crippen LogP contribution in [0.3, 0.4) is 0 Å². The number of nitrogens with zero attached hydrogens (tertiary/aromatic N) is 6. The molecule has 18 heteroatoms. The predicted molar refractivity (Wildman–Crippen MR) is 263 cm³/mol. The van der Waals surface area contributed by atoms with Gasteiger partial charge in [-0.15, -0.1) is 18.8 Å². The molecule has 66 heavy (non-hydrogen) atoms. The lowest BCUT2D eigenvalue weighted by Crippen LogP contribution is -2.44. The standard InChI is InChI=1S/C26H29Cl2N5O3.C22H23N3O4.ClH/c1-32-6-8-33(9-7-32)5-4-10-36-25-13-21-18(11-24(25)35-3)26(17(15-29)16-30-21)31-22-14-23(34-2)20(28)12-19(22)27;1-4-16-6-5-7-17(12-16)25-22-18-13-20(28-10-8-26-2)21(29-11-9-27-3)14-19(18)23-15-24-22;/h11-14,16H,4-10H2,1-3H3,(H,30,31);1,5-7,12-15H,8-11H2,2-3H3,(H,23,24,25);1H. The number of ether oxygens (including phenoxy) is 7. The van der Waals surface area contributed by atoms with Gasteiger partial charge in [-0.25, -0.2) is 9.97 Å². The summed E-state index contributed by atoms with van der Waals surface area (Å²) in [6.07, 6.45) is 9.43. The summed E-state index contributed by atoms with van der Waals surface area (Å²) in [4.78, 5) is 18.0. The Morgan fingerprint density at radius 1 is 0.712 bits per heavy atom. The number of methoxy groups -OCH3 is 4. The molecule has 348 valence electrons. The number of aromatic nitrogens is 3. The van der Waals surface area contributed by atoms with Crippen molar-refractivity contribution in [2.75, 3.05) is 112 Å². The summed E-state index contributed by atoms with van der Waals surface area (Å²) in [5.74, 6) is 6.07. The SMILES string of the molecule is C#Cc1cccc(Nc2ncnc3cc(OCCOC)c(OCCOC)cc23)c1.COc1cc(Nc2c(C#N)cnc3cc(OCCCN4CCN(C)CC4)c(OC)cc23)c(Cl)cc1Cl.Cl. The molecule has 0 saturated carbocycles. The molecule has 0 spiro atoms. The van der Waals surface area contributed by atoms with Crippen molar-refractivity contribution >= 4 is 80.3 Å². The van der Waals surface area contributed by atoms with E-state index >= 15 is 0 Å². The van der Waals surface area contributed by atoms with E-state index in [9.17, 15) is 5.26 Å². The van der Waals surface area contributed by atoms with Gasteiger partial charge in [0.05, 0.1) is 72.1 Å². The van der Waals surface area contributed by atoms with Crippen LogP contribution in [0.25, 0.3) is 21.8 Å². The van der Waals surface area contributed by atoms with E-state index in [1.54, 1.807) is 33.5 Å². The van der Waals surface area contributed by atoms with Gasteiger partial charge in [-0.2, -0.15) is 5.26 Å². The Balaban J connectivity index is 0.000000249. The Morgan fingerprint density at radius 3 is 2.03 bits per heavy atom. The lowest BCUT2D eigenvalue weighted by Gasteiger charge is -2.32. The molecule has 0 bridgehead atoms. The molecule has 2 N–H and O–H groups in total. The van der Waals surface area contributed by atoms with Gasteiger partial charge in [-0.3, -0.25) is 4.98 Å². The zero-order valence-corrected chi connectivity index (χ0v) is 39.8. The van der Waals surface area contributed by atoms with Crippen LogP contribution in [-0.4, -0.2) is 126 Å². The molecule has 0 unspecified atom stereocenters. The van der Waals surface area contributed by atoms with Crippen molar-refractivity contribution < 1.29 is 33.2 Å². The summed E-state index contributed by atoms with van der Waals surface area (Å²) in [6, 6.07) is 20.4. The van der Waals surface area contributed by atoms with Crippen LogP contribution in [0, 0.1) is 23.7 Å². The lowest BCUT2D eigenvalue weighted by molar-refractivity contribution is 0.132. The molecule has 0 amide bonds. The lowest BCUT2D eigenvalue weighted by atomic mass is 10.1. The van der Waals surface area contributed by atoms with Gasteiger partial charge in [0.1, 0.15) is 37.2 Å². The second-order valence-electron chi connectivity index (χ2n) is 14.7. The highest BCUT2D eigenvalue weighted by Crippen LogP contribution is 2.41. The molecule has 0 radical (unpaired) electrons. The number of pyridine rings is 1. The number of halogens is 3. The molecular formula is C48H53Cl3N8O7. The van der Waals surface area contributed by atoms with E-state index in [-0.39, 0.29) is 12.4 Å². The van der Waals surface area contributed by atoms with Gasteiger partial charge in [0.15, 0.2) is 23.0 Å². The summed E-state index contributed by atoms with van der Waals surface area (Å²) < 4.78 is 38.8. The van der Waals surface area contributed by atoms with Crippen molar-refractivity contribution in [3.05, 3.63) is 94.4 Å². The number of hydrogen-bond donors (Lipinski definition) is 2. The number of rotatable bonds is 19. The highest BCUT2D eigenvalue weighted by Gasteiger charge is 2.18. The summed E-state index contributed by atoms with van der Waals surface area (Å²) in [5, 5.41) is 18.6. The van der Waals surface area contributed by atoms with Crippen molar-refractivity contribution in [3.8, 4) is 47.2 Å². The van der Waals surface area contributed by atoms with Crippen LogP contribution in [0.5, 0.6) is 28.7 Å². The first kappa shape index (κ1) is 51.0. The van der Waals surface area contributed by atoms with Crippen LogP contribution in [0.15, 0.2) is 73.2 Å². The Morgan fingerprint density at radius 2 is 1.36 bits per heavy atom. The maximum Gasteiger partial charge on any atom is 0.163 e. The predicted octanol–water partition coefficient (Wildman–Crippen LogP) is 9.02. The summed E-state index contributed by atoms with van der Waals surface area (Å²) in [7, 11) is 8.52. The molecule has 6 aromatic rings. The number of nitrogens with one attached hydrogen (secondary N) is 2. The molecule has 1 aliphatic heterocycles. The Hall–Kier alpha value is -6.01. The van der Waals surface area contributed by atoms with Crippen LogP contribution >= 0.6 is 35.6 Å². The third kappa shape index (κ3) is 13.5. The molecule has 7 rings (SSSR count). The van der Waals surface area contributed by atoms with E-state index in [1.165, 1.54) is 19.6 Å². The molecule has 15 nitrogen and oxygen atoms in total. The van der Waals surface area contributed by atoms with Gasteiger partial charge in [-0.05, 0) is 49.9 Å². The number of terminal acetylenes is 1. The smallest absolute Gasteiger partial charge is 0.163 e. The summed E-state index contributed by atoms with van der Waals surface area (Å²) >= 11 is 12.6. The van der Waals surface area contributed by atoms with Crippen LogP contribution in [0.2, 0.25) is 10.0 Å². The highest BCUT2D eigenvalue weighted by atomic mass is 35.5. The minimum atomic E-state index is 0. The van der Waals surface area contributed by atoms with Crippen molar-refractivity contribution in [1.29, 1.82) is 5.26 Å². The van der Waals surface area contributed by atoms with Gasteiger partial charge in [0.2, 0.25) is 0 Å². The quantitative estimate of drug-likeness (QED) is 0.0585. The molecule has 4 aromatic carbocycles. The fourth-order valence-corrected chi connectivity index (χ4v) is 7.34. The van der Waals surface area contributed by atoms with E-state index in [0.29, 0.717) is 105 Å². The number of hydrogen-bond acceptors (Lipinski definition) is 15. The molecule has 1 saturated heterocycles. The van der Waals surface area contributed by atoms with Crippen molar-refractivity contribution in [2.24, 2.45) is 0 Å². The average Bonchev–Trinajstić information content (AvgIpc) is 3.32. The number of anilines is 4. The number of likely N-dealkylation sites (N-methyl/N-ethyl adjacent to an activating group) is 1. The fourth-order valence-electron chi connectivity index (χ4n) is 6.83. The molecule has 2 aromatic heterocycles. The number of benzene rings is 4. The Bertz CT molecular complexity index is 2640. The Labute approximate surface area is 401 Å². The molecule has 0 aliphatic carbocycles. The largest absolute Gasteiger partial charge is 0.495 e. The molecule has 1 aliphatic rings. The fraction of sp³-hybridized carbons (Fsp3) is 0.333. The molecule has 3 heterocycles. The van der Waals surface area contributed by atoms with Crippen LogP contribution in [0.1, 0.15) is 17.5 Å². The van der Waals surface area contributed by atoms with Gasteiger partial charge in [0.25, 0.3) is 0 Å². The zero-order valence-electron chi connectivity index (χ0n) is 37.5. The first-order chi connectivity index (χ1) is 31.7. The maximum atomic E-state index is 9.75. The third-order valence-corrected chi connectivity index (χ3v) is 10.9. The van der Waals surface area contributed by atoms with Gasteiger partial charge in [0, 0.05) is 93.4 Å². The van der Waals surface area contributed by atoms with Crippen molar-refractivity contribution in [3.63, 3.8) is 0 Å². The van der Waals surface area contributed by atoms with Gasteiger partial charge >= 0.3 is 0 Å². The third-order valence-electron chi connectivity index (χ3n) is 10.3. The second-order valence-corrected chi connectivity index (χ2v) is 15.5. The normalized spacial score (nSPS) is 12.5.